The monoisotopic (exact) mass is 359 g/mol. The molecule has 0 aliphatic heterocycles. The Morgan fingerprint density at radius 2 is 1.41 bits per heavy atom. The molecule has 0 fully saturated rings. The van der Waals surface area contributed by atoms with Crippen LogP contribution in [0.4, 0.5) is 0 Å². The van der Waals surface area contributed by atoms with Gasteiger partial charge < -0.3 is 10.1 Å². The first-order valence-electron chi connectivity index (χ1n) is 8.73. The topological polar surface area (TPSA) is 55.4 Å². The van der Waals surface area contributed by atoms with E-state index in [0.29, 0.717) is 22.4 Å². The molecule has 4 heteroatoms. The van der Waals surface area contributed by atoms with E-state index in [1.54, 1.807) is 55.6 Å². The quantitative estimate of drug-likeness (QED) is 0.663. The van der Waals surface area contributed by atoms with E-state index < -0.39 is 0 Å². The molecule has 3 aromatic carbocycles. The van der Waals surface area contributed by atoms with E-state index in [0.717, 1.165) is 5.56 Å². The Kier molecular flexibility index (Phi) is 5.67. The maximum Gasteiger partial charge on any atom is 0.252 e. The number of carbonyl (C=O) groups is 2. The summed E-state index contributed by atoms with van der Waals surface area (Å²) in [6.45, 7) is 1.92. The molecule has 1 atom stereocenters. The minimum atomic E-state index is -0.274. The van der Waals surface area contributed by atoms with Crippen molar-refractivity contribution in [3.8, 4) is 5.75 Å². The number of hydrogen-bond donors (Lipinski definition) is 1. The Morgan fingerprint density at radius 3 is 2.04 bits per heavy atom. The summed E-state index contributed by atoms with van der Waals surface area (Å²) < 4.78 is 5.13. The summed E-state index contributed by atoms with van der Waals surface area (Å²) >= 11 is 0. The summed E-state index contributed by atoms with van der Waals surface area (Å²) in [5, 5.41) is 2.97. The average Bonchev–Trinajstić information content (AvgIpc) is 2.73. The molecule has 0 heterocycles. The van der Waals surface area contributed by atoms with E-state index >= 15 is 0 Å². The summed E-state index contributed by atoms with van der Waals surface area (Å²) in [6, 6.07) is 23.3. The van der Waals surface area contributed by atoms with E-state index in [-0.39, 0.29) is 17.7 Å². The van der Waals surface area contributed by atoms with Crippen molar-refractivity contribution in [1.29, 1.82) is 0 Å². The highest BCUT2D eigenvalue weighted by atomic mass is 16.5. The molecule has 0 saturated heterocycles. The number of ketones is 1. The van der Waals surface area contributed by atoms with E-state index in [2.05, 4.69) is 5.32 Å². The second-order valence-electron chi connectivity index (χ2n) is 6.21. The molecule has 0 aromatic heterocycles. The average molecular weight is 359 g/mol. The lowest BCUT2D eigenvalue weighted by Crippen LogP contribution is -2.28. The molecule has 0 radical (unpaired) electrons. The van der Waals surface area contributed by atoms with Gasteiger partial charge in [-0.2, -0.15) is 0 Å². The van der Waals surface area contributed by atoms with Gasteiger partial charge in [0, 0.05) is 11.1 Å². The van der Waals surface area contributed by atoms with Crippen LogP contribution < -0.4 is 10.1 Å². The molecule has 3 aromatic rings. The van der Waals surface area contributed by atoms with Gasteiger partial charge in [-0.15, -0.1) is 0 Å². The SMILES string of the molecule is COc1ccc(C(=O)c2ccccc2C(=O)N[C@@H](C)c2ccccc2)cc1. The van der Waals surface area contributed by atoms with Gasteiger partial charge in [-0.3, -0.25) is 9.59 Å². The number of ether oxygens (including phenoxy) is 1. The van der Waals surface area contributed by atoms with Crippen LogP contribution in [0.5, 0.6) is 5.75 Å². The van der Waals surface area contributed by atoms with Gasteiger partial charge in [-0.25, -0.2) is 0 Å². The molecule has 3 rings (SSSR count). The Labute approximate surface area is 158 Å². The highest BCUT2D eigenvalue weighted by Crippen LogP contribution is 2.19. The first-order chi connectivity index (χ1) is 13.1. The summed E-state index contributed by atoms with van der Waals surface area (Å²) in [5.41, 5.74) is 2.25. The smallest absolute Gasteiger partial charge is 0.252 e. The van der Waals surface area contributed by atoms with E-state index in [4.69, 9.17) is 4.74 Å². The molecule has 136 valence electrons. The summed E-state index contributed by atoms with van der Waals surface area (Å²) in [7, 11) is 1.57. The van der Waals surface area contributed by atoms with E-state index in [1.165, 1.54) is 0 Å². The molecular formula is C23H21NO3. The molecule has 27 heavy (non-hydrogen) atoms. The normalized spacial score (nSPS) is 11.5. The van der Waals surface area contributed by atoms with Crippen molar-refractivity contribution in [1.82, 2.24) is 5.32 Å². The van der Waals surface area contributed by atoms with Crippen molar-refractivity contribution in [2.24, 2.45) is 0 Å². The fourth-order valence-corrected chi connectivity index (χ4v) is 2.88. The standard InChI is InChI=1S/C23H21NO3/c1-16(17-8-4-3-5-9-17)24-23(26)21-11-7-6-10-20(21)22(25)18-12-14-19(27-2)15-13-18/h3-16H,1-2H3,(H,24,26)/t16-/m0/s1. The second-order valence-corrected chi connectivity index (χ2v) is 6.21. The highest BCUT2D eigenvalue weighted by molar-refractivity contribution is 6.15. The number of carbonyl (C=O) groups excluding carboxylic acids is 2. The van der Waals surface area contributed by atoms with Crippen LogP contribution in [0, 0.1) is 0 Å². The highest BCUT2D eigenvalue weighted by Gasteiger charge is 2.19. The first kappa shape index (κ1) is 18.4. The Morgan fingerprint density at radius 1 is 0.815 bits per heavy atom. The molecule has 0 aliphatic rings. The number of rotatable bonds is 6. The third-order valence-corrected chi connectivity index (χ3v) is 4.42. The van der Waals surface area contributed by atoms with Crippen molar-refractivity contribution in [3.05, 3.63) is 101 Å². The maximum absolute atomic E-state index is 12.9. The molecule has 4 nitrogen and oxygen atoms in total. The largest absolute Gasteiger partial charge is 0.497 e. The van der Waals surface area contributed by atoms with Gasteiger partial charge in [0.05, 0.1) is 18.7 Å². The van der Waals surface area contributed by atoms with Gasteiger partial charge in [0.15, 0.2) is 5.78 Å². The van der Waals surface area contributed by atoms with Crippen molar-refractivity contribution in [3.63, 3.8) is 0 Å². The molecule has 1 N–H and O–H groups in total. The maximum atomic E-state index is 12.9. The summed E-state index contributed by atoms with van der Waals surface area (Å²) in [6.07, 6.45) is 0. The number of methoxy groups -OCH3 is 1. The van der Waals surface area contributed by atoms with Crippen molar-refractivity contribution < 1.29 is 14.3 Å². The number of benzene rings is 3. The van der Waals surface area contributed by atoms with Crippen LogP contribution in [0.2, 0.25) is 0 Å². The van der Waals surface area contributed by atoms with Crippen molar-refractivity contribution >= 4 is 11.7 Å². The lowest BCUT2D eigenvalue weighted by atomic mass is 9.97. The van der Waals surface area contributed by atoms with Gasteiger partial charge >= 0.3 is 0 Å². The minimum Gasteiger partial charge on any atom is -0.497 e. The molecule has 0 unspecified atom stereocenters. The van der Waals surface area contributed by atoms with Crippen LogP contribution in [0.3, 0.4) is 0 Å². The Balaban J connectivity index is 1.84. The van der Waals surface area contributed by atoms with Gasteiger partial charge in [0.2, 0.25) is 0 Å². The van der Waals surface area contributed by atoms with Crippen LogP contribution in [0.25, 0.3) is 0 Å². The number of amides is 1. The molecule has 0 spiro atoms. The van der Waals surface area contributed by atoms with Gasteiger partial charge in [-0.05, 0) is 42.8 Å². The van der Waals surface area contributed by atoms with Crippen LogP contribution in [0.15, 0.2) is 78.9 Å². The summed E-state index contributed by atoms with van der Waals surface area (Å²) in [4.78, 5) is 25.7. The lowest BCUT2D eigenvalue weighted by molar-refractivity contribution is 0.0929. The fraction of sp³-hybridized carbons (Fsp3) is 0.130. The molecular weight excluding hydrogens is 338 g/mol. The Hall–Kier alpha value is -3.40. The number of nitrogens with one attached hydrogen (secondary N) is 1. The molecule has 0 bridgehead atoms. The van der Waals surface area contributed by atoms with Gasteiger partial charge in [0.1, 0.15) is 5.75 Å². The third kappa shape index (κ3) is 4.23. The lowest BCUT2D eigenvalue weighted by Gasteiger charge is -2.16. The zero-order valence-electron chi connectivity index (χ0n) is 15.3. The Bertz CT molecular complexity index is 933. The van der Waals surface area contributed by atoms with Crippen LogP contribution in [0.1, 0.15) is 44.8 Å². The minimum absolute atomic E-state index is 0.164. The van der Waals surface area contributed by atoms with Crippen LogP contribution >= 0.6 is 0 Å². The molecule has 0 aliphatic carbocycles. The van der Waals surface area contributed by atoms with Crippen LogP contribution in [-0.4, -0.2) is 18.8 Å². The third-order valence-electron chi connectivity index (χ3n) is 4.42. The summed E-state index contributed by atoms with van der Waals surface area (Å²) in [5.74, 6) is 0.203. The predicted octanol–water partition coefficient (Wildman–Crippen LogP) is 4.42. The first-order valence-corrected chi connectivity index (χ1v) is 8.73. The number of hydrogen-bond acceptors (Lipinski definition) is 3. The van der Waals surface area contributed by atoms with Crippen molar-refractivity contribution in [2.75, 3.05) is 7.11 Å². The van der Waals surface area contributed by atoms with Crippen LogP contribution in [-0.2, 0) is 0 Å². The molecule has 0 saturated carbocycles. The zero-order valence-corrected chi connectivity index (χ0v) is 15.3. The van der Waals surface area contributed by atoms with E-state index in [9.17, 15) is 9.59 Å². The molecule has 1 amide bonds. The van der Waals surface area contributed by atoms with E-state index in [1.807, 2.05) is 37.3 Å². The predicted molar refractivity (Wildman–Crippen MR) is 105 cm³/mol. The van der Waals surface area contributed by atoms with Crippen molar-refractivity contribution in [2.45, 2.75) is 13.0 Å². The zero-order chi connectivity index (χ0) is 19.2. The van der Waals surface area contributed by atoms with Gasteiger partial charge in [-0.1, -0.05) is 48.5 Å². The van der Waals surface area contributed by atoms with Gasteiger partial charge in [0.25, 0.3) is 5.91 Å². The fourth-order valence-electron chi connectivity index (χ4n) is 2.88. The second kappa shape index (κ2) is 8.32.